The minimum absolute atomic E-state index is 0.0496. The van der Waals surface area contributed by atoms with Gasteiger partial charge in [0.05, 0.1) is 22.4 Å². The molecule has 1 aliphatic heterocycles. The molecule has 110 valence electrons. The predicted octanol–water partition coefficient (Wildman–Crippen LogP) is 0.751. The Balaban J connectivity index is 2.11. The number of nitrogen functional groups attached to an aromatic ring is 2. The number of nitrogens with two attached hydrogens (primary N) is 3. The highest BCUT2D eigenvalue weighted by molar-refractivity contribution is 6.34. The lowest BCUT2D eigenvalue weighted by atomic mass is 10.1. The quantitative estimate of drug-likeness (QED) is 0.555. The van der Waals surface area contributed by atoms with Crippen molar-refractivity contribution in [2.24, 2.45) is 5.73 Å². The van der Waals surface area contributed by atoms with Crippen LogP contribution in [0.2, 0.25) is 0 Å². The number of fused-ring (bicyclic) bond motifs is 1. The molecule has 0 fully saturated rings. The van der Waals surface area contributed by atoms with Crippen molar-refractivity contribution in [2.75, 3.05) is 16.4 Å². The molecule has 0 aliphatic carbocycles. The minimum Gasteiger partial charge on any atom is -0.399 e. The third kappa shape index (κ3) is 1.87. The van der Waals surface area contributed by atoms with Gasteiger partial charge in [0.2, 0.25) is 0 Å². The average Bonchev–Trinajstić information content (AvgIpc) is 2.71. The van der Waals surface area contributed by atoms with E-state index in [1.807, 2.05) is 0 Å². The van der Waals surface area contributed by atoms with Crippen molar-refractivity contribution >= 4 is 34.8 Å². The minimum atomic E-state index is -0.736. The molecular weight excluding hydrogens is 284 g/mol. The van der Waals surface area contributed by atoms with Gasteiger partial charge in [-0.3, -0.25) is 14.4 Å². The number of anilines is 3. The number of hydrogen-bond donors (Lipinski definition) is 3. The zero-order valence-corrected chi connectivity index (χ0v) is 11.4. The summed E-state index contributed by atoms with van der Waals surface area (Å²) in [6.45, 7) is 0. The Bertz CT molecular complexity index is 845. The lowest BCUT2D eigenvalue weighted by Gasteiger charge is -2.15. The molecule has 1 heterocycles. The van der Waals surface area contributed by atoms with Crippen LogP contribution in [0, 0.1) is 0 Å². The van der Waals surface area contributed by atoms with Crippen LogP contribution in [0.15, 0.2) is 36.4 Å². The molecule has 0 bridgehead atoms. The summed E-state index contributed by atoms with van der Waals surface area (Å²) in [7, 11) is 0. The Labute approximate surface area is 125 Å². The van der Waals surface area contributed by atoms with E-state index in [2.05, 4.69) is 0 Å². The third-order valence-corrected chi connectivity index (χ3v) is 3.47. The molecule has 22 heavy (non-hydrogen) atoms. The van der Waals surface area contributed by atoms with Gasteiger partial charge in [-0.2, -0.15) is 0 Å². The van der Waals surface area contributed by atoms with E-state index in [9.17, 15) is 14.4 Å². The topological polar surface area (TPSA) is 133 Å². The summed E-state index contributed by atoms with van der Waals surface area (Å²) < 4.78 is 0. The van der Waals surface area contributed by atoms with Gasteiger partial charge in [-0.25, -0.2) is 4.90 Å². The van der Waals surface area contributed by atoms with E-state index in [0.29, 0.717) is 5.69 Å². The summed E-state index contributed by atoms with van der Waals surface area (Å²) in [5.74, 6) is -1.73. The standard InChI is InChI=1S/C15H12N4O3/c16-7-1-3-9-10(5-7)15(22)19(14(9)21)8-2-4-12(17)11(6-8)13(18)20/h1-6H,16-17H2,(H2,18,20). The number of nitrogens with zero attached hydrogens (tertiary/aromatic N) is 1. The van der Waals surface area contributed by atoms with E-state index < -0.39 is 17.7 Å². The van der Waals surface area contributed by atoms with E-state index in [-0.39, 0.29) is 28.1 Å². The Morgan fingerprint density at radius 1 is 0.909 bits per heavy atom. The molecule has 0 unspecified atom stereocenters. The average molecular weight is 296 g/mol. The molecule has 2 aromatic rings. The monoisotopic (exact) mass is 296 g/mol. The predicted molar refractivity (Wildman–Crippen MR) is 81.4 cm³/mol. The summed E-state index contributed by atoms with van der Waals surface area (Å²) in [6.07, 6.45) is 0. The Kier molecular flexibility index (Phi) is 2.84. The highest BCUT2D eigenvalue weighted by atomic mass is 16.2. The lowest BCUT2D eigenvalue weighted by molar-refractivity contribution is 0.0923. The molecular formula is C15H12N4O3. The highest BCUT2D eigenvalue weighted by Crippen LogP contribution is 2.31. The number of rotatable bonds is 2. The van der Waals surface area contributed by atoms with Crippen LogP contribution in [-0.4, -0.2) is 17.7 Å². The van der Waals surface area contributed by atoms with Gasteiger partial charge < -0.3 is 17.2 Å². The molecule has 3 amide bonds. The molecule has 3 rings (SSSR count). The Morgan fingerprint density at radius 2 is 1.59 bits per heavy atom. The molecule has 7 heteroatoms. The van der Waals surface area contributed by atoms with Crippen LogP contribution in [0.25, 0.3) is 0 Å². The molecule has 1 aliphatic rings. The highest BCUT2D eigenvalue weighted by Gasteiger charge is 2.37. The van der Waals surface area contributed by atoms with Crippen molar-refractivity contribution in [3.8, 4) is 0 Å². The second-order valence-electron chi connectivity index (χ2n) is 4.89. The van der Waals surface area contributed by atoms with Gasteiger partial charge in [0.15, 0.2) is 0 Å². The lowest BCUT2D eigenvalue weighted by Crippen LogP contribution is -2.29. The van der Waals surface area contributed by atoms with Crippen molar-refractivity contribution in [2.45, 2.75) is 0 Å². The SMILES string of the molecule is NC(=O)c1cc(N2C(=O)c3ccc(N)cc3C2=O)ccc1N. The van der Waals surface area contributed by atoms with E-state index in [4.69, 9.17) is 17.2 Å². The van der Waals surface area contributed by atoms with Gasteiger partial charge in [-0.05, 0) is 36.4 Å². The van der Waals surface area contributed by atoms with Crippen LogP contribution in [0.1, 0.15) is 31.1 Å². The van der Waals surface area contributed by atoms with Crippen LogP contribution >= 0.6 is 0 Å². The van der Waals surface area contributed by atoms with E-state index in [1.165, 1.54) is 30.3 Å². The maximum atomic E-state index is 12.4. The smallest absolute Gasteiger partial charge is 0.266 e. The van der Waals surface area contributed by atoms with Crippen LogP contribution in [-0.2, 0) is 0 Å². The number of carbonyl (C=O) groups is 3. The third-order valence-electron chi connectivity index (χ3n) is 3.47. The van der Waals surface area contributed by atoms with E-state index in [0.717, 1.165) is 4.90 Å². The zero-order valence-electron chi connectivity index (χ0n) is 11.4. The van der Waals surface area contributed by atoms with Crippen LogP contribution in [0.3, 0.4) is 0 Å². The number of imide groups is 1. The van der Waals surface area contributed by atoms with Crippen molar-refractivity contribution in [1.29, 1.82) is 0 Å². The van der Waals surface area contributed by atoms with Crippen molar-refractivity contribution in [3.63, 3.8) is 0 Å². The second kappa shape index (κ2) is 4.59. The normalized spacial score (nSPS) is 13.4. The molecule has 6 N–H and O–H groups in total. The first-order valence-electron chi connectivity index (χ1n) is 6.38. The molecule has 0 atom stereocenters. The maximum absolute atomic E-state index is 12.4. The van der Waals surface area contributed by atoms with Crippen LogP contribution < -0.4 is 22.1 Å². The number of benzene rings is 2. The molecule has 0 radical (unpaired) electrons. The molecule has 0 spiro atoms. The summed E-state index contributed by atoms with van der Waals surface area (Å²) >= 11 is 0. The van der Waals surface area contributed by atoms with E-state index >= 15 is 0 Å². The maximum Gasteiger partial charge on any atom is 0.266 e. The molecule has 0 saturated carbocycles. The molecule has 0 saturated heterocycles. The summed E-state index contributed by atoms with van der Waals surface area (Å²) in [6, 6.07) is 8.72. The number of carbonyl (C=O) groups excluding carboxylic acids is 3. The number of amides is 3. The Hall–Kier alpha value is -3.35. The summed E-state index contributed by atoms with van der Waals surface area (Å²) in [4.78, 5) is 37.2. The molecule has 0 aromatic heterocycles. The second-order valence-corrected chi connectivity index (χ2v) is 4.89. The van der Waals surface area contributed by atoms with Gasteiger partial charge in [0.25, 0.3) is 17.7 Å². The number of hydrogen-bond acceptors (Lipinski definition) is 5. The van der Waals surface area contributed by atoms with Crippen molar-refractivity contribution < 1.29 is 14.4 Å². The summed E-state index contributed by atoms with van der Waals surface area (Å²) in [5, 5.41) is 0. The summed E-state index contributed by atoms with van der Waals surface area (Å²) in [5.41, 5.74) is 17.9. The first-order valence-corrected chi connectivity index (χ1v) is 6.38. The van der Waals surface area contributed by atoms with Crippen molar-refractivity contribution in [1.82, 2.24) is 0 Å². The molecule has 7 nitrogen and oxygen atoms in total. The number of primary amides is 1. The van der Waals surface area contributed by atoms with Gasteiger partial charge in [-0.15, -0.1) is 0 Å². The van der Waals surface area contributed by atoms with E-state index in [1.54, 1.807) is 6.07 Å². The van der Waals surface area contributed by atoms with Gasteiger partial charge in [-0.1, -0.05) is 0 Å². The van der Waals surface area contributed by atoms with Crippen molar-refractivity contribution in [3.05, 3.63) is 53.1 Å². The fourth-order valence-corrected chi connectivity index (χ4v) is 2.39. The fraction of sp³-hybridized carbons (Fsp3) is 0. The largest absolute Gasteiger partial charge is 0.399 e. The van der Waals surface area contributed by atoms with Crippen LogP contribution in [0.4, 0.5) is 17.1 Å². The first kappa shape index (κ1) is 13.6. The Morgan fingerprint density at radius 3 is 2.27 bits per heavy atom. The molecule has 2 aromatic carbocycles. The first-order chi connectivity index (χ1) is 10.4. The van der Waals surface area contributed by atoms with Gasteiger partial charge in [0.1, 0.15) is 0 Å². The van der Waals surface area contributed by atoms with Gasteiger partial charge in [0, 0.05) is 11.4 Å². The zero-order chi connectivity index (χ0) is 16.0. The fourth-order valence-electron chi connectivity index (χ4n) is 2.39. The van der Waals surface area contributed by atoms with Crippen LogP contribution in [0.5, 0.6) is 0 Å². The van der Waals surface area contributed by atoms with Gasteiger partial charge >= 0.3 is 0 Å².